The van der Waals surface area contributed by atoms with Crippen molar-refractivity contribution in [2.24, 2.45) is 5.92 Å². The van der Waals surface area contributed by atoms with Gasteiger partial charge in [0.15, 0.2) is 11.6 Å². The highest BCUT2D eigenvalue weighted by atomic mass is 19.2. The van der Waals surface area contributed by atoms with E-state index in [1.807, 2.05) is 20.8 Å². The van der Waals surface area contributed by atoms with E-state index in [1.54, 1.807) is 0 Å². The lowest BCUT2D eigenvalue weighted by atomic mass is 10.1. The molecule has 1 atom stereocenters. The van der Waals surface area contributed by atoms with Gasteiger partial charge < -0.3 is 10.1 Å². The number of hydrogen-bond donors (Lipinski definition) is 1. The Balaban J connectivity index is 2.68. The molecule has 0 amide bonds. The second kappa shape index (κ2) is 6.55. The Kier molecular flexibility index (Phi) is 5.35. The number of nitrogens with one attached hydrogen (secondary N) is 1. The van der Waals surface area contributed by atoms with E-state index in [0.717, 1.165) is 18.7 Å². The van der Waals surface area contributed by atoms with Gasteiger partial charge in [0, 0.05) is 12.6 Å². The minimum atomic E-state index is -0.881. The van der Waals surface area contributed by atoms with Gasteiger partial charge in [0.2, 0.25) is 0 Å². The zero-order valence-electron chi connectivity index (χ0n) is 10.5. The lowest BCUT2D eigenvalue weighted by molar-refractivity contribution is 0.149. The largest absolute Gasteiger partial charge is 0.489 e. The molecular formula is C13H19F2NO. The maximum atomic E-state index is 13.0. The quantitative estimate of drug-likeness (QED) is 0.829. The van der Waals surface area contributed by atoms with Gasteiger partial charge in [-0.3, -0.25) is 0 Å². The molecule has 0 aliphatic rings. The van der Waals surface area contributed by atoms with Crippen LogP contribution in [0.1, 0.15) is 20.8 Å². The molecule has 0 heterocycles. The van der Waals surface area contributed by atoms with Crippen molar-refractivity contribution in [3.63, 3.8) is 0 Å². The maximum Gasteiger partial charge on any atom is 0.162 e. The molecule has 0 bridgehead atoms. The number of benzene rings is 1. The third kappa shape index (κ3) is 4.30. The summed E-state index contributed by atoms with van der Waals surface area (Å²) in [7, 11) is 0. The molecule has 0 saturated heterocycles. The summed E-state index contributed by atoms with van der Waals surface area (Å²) in [5, 5.41) is 3.18. The highest BCUT2D eigenvalue weighted by Gasteiger charge is 2.15. The first-order valence-electron chi connectivity index (χ1n) is 5.87. The van der Waals surface area contributed by atoms with Crippen LogP contribution in [0, 0.1) is 17.6 Å². The van der Waals surface area contributed by atoms with Gasteiger partial charge in [-0.15, -0.1) is 0 Å². The van der Waals surface area contributed by atoms with Crippen LogP contribution in [0.5, 0.6) is 5.75 Å². The van der Waals surface area contributed by atoms with E-state index in [2.05, 4.69) is 5.32 Å². The molecule has 0 aliphatic heterocycles. The Hall–Kier alpha value is -1.16. The lowest BCUT2D eigenvalue weighted by Gasteiger charge is -2.22. The molecule has 1 aromatic rings. The fraction of sp³-hybridized carbons (Fsp3) is 0.538. The molecule has 1 rings (SSSR count). The second-order valence-electron chi connectivity index (χ2n) is 4.28. The molecule has 1 aromatic carbocycles. The zero-order valence-corrected chi connectivity index (χ0v) is 10.5. The first kappa shape index (κ1) is 13.9. The van der Waals surface area contributed by atoms with Gasteiger partial charge in [-0.05, 0) is 24.6 Å². The molecule has 1 unspecified atom stereocenters. The standard InChI is InChI=1S/C13H19F2NO/c1-4-16-8-13(9(2)3)17-10-5-6-11(14)12(15)7-10/h5-7,9,13,16H,4,8H2,1-3H3. The summed E-state index contributed by atoms with van der Waals surface area (Å²) in [6.07, 6.45) is -0.0557. The molecule has 96 valence electrons. The molecule has 0 saturated carbocycles. The summed E-state index contributed by atoms with van der Waals surface area (Å²) in [6.45, 7) is 7.61. The highest BCUT2D eigenvalue weighted by molar-refractivity contribution is 5.23. The minimum Gasteiger partial charge on any atom is -0.489 e. The monoisotopic (exact) mass is 243 g/mol. The fourth-order valence-corrected chi connectivity index (χ4v) is 1.43. The lowest BCUT2D eigenvalue weighted by Crippen LogP contribution is -2.35. The van der Waals surface area contributed by atoms with Gasteiger partial charge in [-0.2, -0.15) is 0 Å². The van der Waals surface area contributed by atoms with Crippen LogP contribution in [0.25, 0.3) is 0 Å². The third-order valence-electron chi connectivity index (χ3n) is 2.52. The van der Waals surface area contributed by atoms with Crippen LogP contribution < -0.4 is 10.1 Å². The van der Waals surface area contributed by atoms with E-state index in [4.69, 9.17) is 4.74 Å². The first-order chi connectivity index (χ1) is 8.04. The van der Waals surface area contributed by atoms with Crippen molar-refractivity contribution in [1.29, 1.82) is 0 Å². The van der Waals surface area contributed by atoms with Gasteiger partial charge in [-0.25, -0.2) is 8.78 Å². The molecule has 0 fully saturated rings. The van der Waals surface area contributed by atoms with Crippen LogP contribution in [0.3, 0.4) is 0 Å². The van der Waals surface area contributed by atoms with Gasteiger partial charge in [0.1, 0.15) is 11.9 Å². The van der Waals surface area contributed by atoms with Crippen LogP contribution in [0.4, 0.5) is 8.78 Å². The summed E-state index contributed by atoms with van der Waals surface area (Å²) in [6, 6.07) is 3.60. The number of halogens is 2. The second-order valence-corrected chi connectivity index (χ2v) is 4.28. The molecule has 0 radical (unpaired) electrons. The molecule has 1 N–H and O–H groups in total. The smallest absolute Gasteiger partial charge is 0.162 e. The SMILES string of the molecule is CCNCC(Oc1ccc(F)c(F)c1)C(C)C. The van der Waals surface area contributed by atoms with Crippen molar-refractivity contribution in [3.05, 3.63) is 29.8 Å². The molecule has 17 heavy (non-hydrogen) atoms. The van der Waals surface area contributed by atoms with Crippen molar-refractivity contribution in [2.45, 2.75) is 26.9 Å². The van der Waals surface area contributed by atoms with Crippen molar-refractivity contribution < 1.29 is 13.5 Å². The van der Waals surface area contributed by atoms with Crippen LogP contribution in [0.2, 0.25) is 0 Å². The molecule has 2 nitrogen and oxygen atoms in total. The summed E-state index contributed by atoms with van der Waals surface area (Å²) in [5.41, 5.74) is 0. The van der Waals surface area contributed by atoms with E-state index < -0.39 is 11.6 Å². The fourth-order valence-electron chi connectivity index (χ4n) is 1.43. The third-order valence-corrected chi connectivity index (χ3v) is 2.52. The predicted octanol–water partition coefficient (Wildman–Crippen LogP) is 2.98. The normalized spacial score (nSPS) is 12.8. The summed E-state index contributed by atoms with van der Waals surface area (Å²) in [4.78, 5) is 0. The maximum absolute atomic E-state index is 13.0. The Bertz CT molecular complexity index is 355. The molecular weight excluding hydrogens is 224 g/mol. The first-order valence-corrected chi connectivity index (χ1v) is 5.87. The van der Waals surface area contributed by atoms with E-state index in [-0.39, 0.29) is 6.10 Å². The topological polar surface area (TPSA) is 21.3 Å². The van der Waals surface area contributed by atoms with E-state index in [9.17, 15) is 8.78 Å². The summed E-state index contributed by atoms with van der Waals surface area (Å²) in [5.74, 6) is -1.08. The Morgan fingerprint density at radius 3 is 2.47 bits per heavy atom. The minimum absolute atomic E-state index is 0.0557. The van der Waals surface area contributed by atoms with Gasteiger partial charge in [-0.1, -0.05) is 20.8 Å². The van der Waals surface area contributed by atoms with Gasteiger partial charge in [0.05, 0.1) is 0 Å². The number of rotatable bonds is 6. The molecule has 4 heteroatoms. The zero-order chi connectivity index (χ0) is 12.8. The predicted molar refractivity (Wildman–Crippen MR) is 64.2 cm³/mol. The number of likely N-dealkylation sites (N-methyl/N-ethyl adjacent to an activating group) is 1. The van der Waals surface area contributed by atoms with Crippen LogP contribution in [0.15, 0.2) is 18.2 Å². The van der Waals surface area contributed by atoms with Crippen molar-refractivity contribution in [3.8, 4) is 5.75 Å². The average Bonchev–Trinajstić information content (AvgIpc) is 2.28. The Labute approximate surface area is 101 Å². The van der Waals surface area contributed by atoms with Crippen LogP contribution >= 0.6 is 0 Å². The number of ether oxygens (including phenoxy) is 1. The van der Waals surface area contributed by atoms with E-state index in [1.165, 1.54) is 6.07 Å². The van der Waals surface area contributed by atoms with Crippen molar-refractivity contribution >= 4 is 0 Å². The van der Waals surface area contributed by atoms with Crippen LogP contribution in [-0.2, 0) is 0 Å². The Morgan fingerprint density at radius 2 is 1.94 bits per heavy atom. The number of hydrogen-bond acceptors (Lipinski definition) is 2. The average molecular weight is 243 g/mol. The molecule has 0 aromatic heterocycles. The van der Waals surface area contributed by atoms with E-state index >= 15 is 0 Å². The summed E-state index contributed by atoms with van der Waals surface area (Å²) >= 11 is 0. The Morgan fingerprint density at radius 1 is 1.24 bits per heavy atom. The van der Waals surface area contributed by atoms with Gasteiger partial charge in [0.25, 0.3) is 0 Å². The van der Waals surface area contributed by atoms with Crippen molar-refractivity contribution in [2.75, 3.05) is 13.1 Å². The molecule has 0 aliphatic carbocycles. The highest BCUT2D eigenvalue weighted by Crippen LogP contribution is 2.18. The summed E-state index contributed by atoms with van der Waals surface area (Å²) < 4.78 is 31.4. The van der Waals surface area contributed by atoms with E-state index in [0.29, 0.717) is 18.2 Å². The van der Waals surface area contributed by atoms with Crippen molar-refractivity contribution in [1.82, 2.24) is 5.32 Å². The molecule has 0 spiro atoms. The van der Waals surface area contributed by atoms with Crippen LogP contribution in [-0.4, -0.2) is 19.2 Å². The van der Waals surface area contributed by atoms with Gasteiger partial charge >= 0.3 is 0 Å².